The molecule has 1 aliphatic rings. The summed E-state index contributed by atoms with van der Waals surface area (Å²) >= 11 is 1.80. The maximum atomic E-state index is 6.67. The number of hydrogen-bond donors (Lipinski definition) is 0. The van der Waals surface area contributed by atoms with Gasteiger partial charge in [-0.05, 0) is 63.7 Å². The van der Waals surface area contributed by atoms with E-state index in [0.717, 1.165) is 22.6 Å². The van der Waals surface area contributed by atoms with Crippen molar-refractivity contribution in [3.63, 3.8) is 0 Å². The van der Waals surface area contributed by atoms with E-state index in [9.17, 15) is 0 Å². The zero-order valence-corrected chi connectivity index (χ0v) is 24.0. The fourth-order valence-corrected chi connectivity index (χ4v) is 6.91. The van der Waals surface area contributed by atoms with Gasteiger partial charge in [0.2, 0.25) is 0 Å². The fraction of sp³-hybridized carbons (Fsp3) is 0.0769. The minimum Gasteiger partial charge on any atom is -0.455 e. The Morgan fingerprint density at radius 1 is 0.683 bits per heavy atom. The Labute approximate surface area is 245 Å². The molecule has 41 heavy (non-hydrogen) atoms. The molecule has 0 saturated carbocycles. The maximum absolute atomic E-state index is 6.67. The van der Waals surface area contributed by atoms with Crippen molar-refractivity contribution in [3.05, 3.63) is 156 Å². The van der Waals surface area contributed by atoms with Crippen molar-refractivity contribution >= 4 is 37.6 Å². The molecule has 2 heteroatoms. The van der Waals surface area contributed by atoms with Gasteiger partial charge in [0.25, 0.3) is 0 Å². The van der Waals surface area contributed by atoms with E-state index in [2.05, 4.69) is 154 Å². The predicted molar refractivity (Wildman–Crippen MR) is 177 cm³/mol. The summed E-state index contributed by atoms with van der Waals surface area (Å²) in [5.41, 5.74) is 7.85. The van der Waals surface area contributed by atoms with Crippen molar-refractivity contribution in [2.24, 2.45) is 0 Å². The van der Waals surface area contributed by atoms with Crippen molar-refractivity contribution < 1.29 is 4.74 Å². The van der Waals surface area contributed by atoms with Gasteiger partial charge in [-0.3, -0.25) is 0 Å². The lowest BCUT2D eigenvalue weighted by Gasteiger charge is -2.36. The summed E-state index contributed by atoms with van der Waals surface area (Å²) in [6, 6.07) is 40.9. The molecule has 1 nitrogen and oxygen atoms in total. The van der Waals surface area contributed by atoms with E-state index in [1.807, 2.05) is 0 Å². The maximum Gasteiger partial charge on any atom is 0.149 e. The molecule has 0 spiro atoms. The number of ether oxygens (including phenoxy) is 1. The van der Waals surface area contributed by atoms with Gasteiger partial charge in [0.05, 0.1) is 4.70 Å². The largest absolute Gasteiger partial charge is 0.455 e. The van der Waals surface area contributed by atoms with Gasteiger partial charge < -0.3 is 4.74 Å². The zero-order chi connectivity index (χ0) is 28.0. The third-order valence-electron chi connectivity index (χ3n) is 8.14. The number of allylic oxidation sites excluding steroid dienone is 3. The highest BCUT2D eigenvalue weighted by Gasteiger charge is 2.36. The van der Waals surface area contributed by atoms with Crippen LogP contribution in [0.2, 0.25) is 0 Å². The van der Waals surface area contributed by atoms with Crippen LogP contribution in [-0.4, -0.2) is 0 Å². The van der Waals surface area contributed by atoms with Crippen LogP contribution in [0.25, 0.3) is 48.5 Å². The molecule has 0 radical (unpaired) electrons. The molecule has 0 unspecified atom stereocenters. The van der Waals surface area contributed by atoms with Crippen LogP contribution in [0.3, 0.4) is 0 Å². The van der Waals surface area contributed by atoms with E-state index in [1.54, 1.807) is 11.3 Å². The van der Waals surface area contributed by atoms with Gasteiger partial charge in [0.1, 0.15) is 11.5 Å². The predicted octanol–water partition coefficient (Wildman–Crippen LogP) is 11.2. The molecular weight excluding hydrogens is 516 g/mol. The molecule has 2 heterocycles. The molecule has 7 rings (SSSR count). The normalized spacial score (nSPS) is 15.5. The van der Waals surface area contributed by atoms with Crippen molar-refractivity contribution in [1.82, 2.24) is 0 Å². The molecule has 1 aromatic heterocycles. The van der Waals surface area contributed by atoms with Crippen LogP contribution in [0.4, 0.5) is 0 Å². The molecule has 198 valence electrons. The van der Waals surface area contributed by atoms with Crippen molar-refractivity contribution in [2.45, 2.75) is 19.3 Å². The number of benzene rings is 5. The summed E-state index contributed by atoms with van der Waals surface area (Å²) in [7, 11) is 0. The average Bonchev–Trinajstić information content (AvgIpc) is 3.40. The van der Waals surface area contributed by atoms with Gasteiger partial charge in [-0.25, -0.2) is 0 Å². The second kappa shape index (κ2) is 10.1. The summed E-state index contributed by atoms with van der Waals surface area (Å²) < 4.78 is 9.14. The zero-order valence-electron chi connectivity index (χ0n) is 23.2. The summed E-state index contributed by atoms with van der Waals surface area (Å²) in [5.74, 6) is 1.77. The van der Waals surface area contributed by atoms with Crippen LogP contribution in [0.5, 0.6) is 5.75 Å². The number of thiophene rings is 1. The molecule has 0 aliphatic carbocycles. The molecule has 5 aromatic carbocycles. The van der Waals surface area contributed by atoms with Crippen molar-refractivity contribution in [2.75, 3.05) is 0 Å². The SMILES string of the molecule is C=C1/C(=C\C=C\c2cc(-c3ccccc3)cc(-c3ccccc3)c2)Oc2c(ccc3c2sc2ccccc23)C1(C)C. The Bertz CT molecular complexity index is 1930. The monoisotopic (exact) mass is 546 g/mol. The summed E-state index contributed by atoms with van der Waals surface area (Å²) in [6.45, 7) is 8.96. The Hall–Kier alpha value is -4.66. The van der Waals surface area contributed by atoms with Crippen molar-refractivity contribution in [1.29, 1.82) is 0 Å². The molecular formula is C39H30OS. The van der Waals surface area contributed by atoms with E-state index in [1.165, 1.54) is 48.0 Å². The van der Waals surface area contributed by atoms with Gasteiger partial charge in [-0.2, -0.15) is 0 Å². The van der Waals surface area contributed by atoms with Crippen LogP contribution in [0, 0.1) is 0 Å². The fourth-order valence-electron chi connectivity index (χ4n) is 5.72. The Morgan fingerprint density at radius 2 is 1.32 bits per heavy atom. The molecule has 0 saturated heterocycles. The topological polar surface area (TPSA) is 9.23 Å². The van der Waals surface area contributed by atoms with Gasteiger partial charge >= 0.3 is 0 Å². The standard InChI is InChI=1S/C39H30OS/c1-26-35(40-37-34(39(26,2)3)22-21-33-32-18-10-11-20-36(32)41-38(33)37)19-12-13-27-23-30(28-14-6-4-7-15-28)25-31(24-27)29-16-8-5-9-17-29/h4-25H,1H2,2-3H3/b13-12+,35-19+. The first-order valence-electron chi connectivity index (χ1n) is 14.0. The Balaban J connectivity index is 1.29. The van der Waals surface area contributed by atoms with Gasteiger partial charge in [0, 0.05) is 26.5 Å². The summed E-state index contributed by atoms with van der Waals surface area (Å²) in [6.07, 6.45) is 6.31. The third-order valence-corrected chi connectivity index (χ3v) is 9.33. The van der Waals surface area contributed by atoms with Crippen LogP contribution in [-0.2, 0) is 5.41 Å². The molecule has 0 amide bonds. The minimum absolute atomic E-state index is 0.245. The Kier molecular flexibility index (Phi) is 6.22. The van der Waals surface area contributed by atoms with E-state index in [-0.39, 0.29) is 5.41 Å². The summed E-state index contributed by atoms with van der Waals surface area (Å²) in [5, 5.41) is 2.52. The lowest BCUT2D eigenvalue weighted by atomic mass is 9.75. The van der Waals surface area contributed by atoms with Crippen LogP contribution in [0.1, 0.15) is 25.0 Å². The lowest BCUT2D eigenvalue weighted by molar-refractivity contribution is 0.378. The molecule has 6 aromatic rings. The van der Waals surface area contributed by atoms with E-state index < -0.39 is 0 Å². The van der Waals surface area contributed by atoms with Gasteiger partial charge in [0.15, 0.2) is 0 Å². The van der Waals surface area contributed by atoms with E-state index >= 15 is 0 Å². The second-order valence-corrected chi connectivity index (χ2v) is 12.1. The van der Waals surface area contributed by atoms with Crippen molar-refractivity contribution in [3.8, 4) is 28.0 Å². The number of rotatable bonds is 4. The smallest absolute Gasteiger partial charge is 0.149 e. The van der Waals surface area contributed by atoms with Crippen LogP contribution in [0.15, 0.2) is 145 Å². The highest BCUT2D eigenvalue weighted by atomic mass is 32.1. The van der Waals surface area contributed by atoms with E-state index in [4.69, 9.17) is 4.74 Å². The summed E-state index contributed by atoms with van der Waals surface area (Å²) in [4.78, 5) is 0. The molecule has 0 N–H and O–H groups in total. The first-order chi connectivity index (χ1) is 20.0. The highest BCUT2D eigenvalue weighted by Crippen LogP contribution is 2.51. The number of hydrogen-bond acceptors (Lipinski definition) is 2. The van der Waals surface area contributed by atoms with Crippen LogP contribution < -0.4 is 4.74 Å². The average molecular weight is 547 g/mol. The van der Waals surface area contributed by atoms with Crippen LogP contribution >= 0.6 is 11.3 Å². The first-order valence-corrected chi connectivity index (χ1v) is 14.8. The quantitative estimate of drug-likeness (QED) is 0.214. The molecule has 1 aliphatic heterocycles. The second-order valence-electron chi connectivity index (χ2n) is 11.1. The van der Waals surface area contributed by atoms with Gasteiger partial charge in [-0.15, -0.1) is 11.3 Å². The molecule has 0 atom stereocenters. The Morgan fingerprint density at radius 3 is 2.00 bits per heavy atom. The molecule has 0 bridgehead atoms. The minimum atomic E-state index is -0.245. The molecule has 0 fully saturated rings. The third kappa shape index (κ3) is 4.51. The van der Waals surface area contributed by atoms with E-state index in [0.29, 0.717) is 0 Å². The number of fused-ring (bicyclic) bond motifs is 5. The highest BCUT2D eigenvalue weighted by molar-refractivity contribution is 7.26. The first kappa shape index (κ1) is 25.3. The lowest BCUT2D eigenvalue weighted by Crippen LogP contribution is -2.28. The van der Waals surface area contributed by atoms with Gasteiger partial charge in [-0.1, -0.05) is 124 Å².